The molecule has 0 radical (unpaired) electrons. The first kappa shape index (κ1) is 15.0. The molecule has 0 aliphatic heterocycles. The van der Waals surface area contributed by atoms with Gasteiger partial charge in [0.1, 0.15) is 5.52 Å². The Balaban J connectivity index is 1.77. The third kappa shape index (κ3) is 3.30. The number of nitrogens with one attached hydrogen (secondary N) is 1. The first-order valence-corrected chi connectivity index (χ1v) is 7.99. The van der Waals surface area contributed by atoms with Crippen LogP contribution in [0.4, 0.5) is 5.13 Å². The van der Waals surface area contributed by atoms with Crippen LogP contribution in [0.1, 0.15) is 5.56 Å². The fourth-order valence-electron chi connectivity index (χ4n) is 1.87. The Kier molecular flexibility index (Phi) is 4.43. The van der Waals surface area contributed by atoms with E-state index in [0.717, 1.165) is 10.3 Å². The van der Waals surface area contributed by atoms with Crippen molar-refractivity contribution < 1.29 is 4.79 Å². The quantitative estimate of drug-likeness (QED) is 0.656. The zero-order chi connectivity index (χ0) is 15.5. The number of hydrogen-bond acceptors (Lipinski definition) is 3. The molecular weight excluding hydrogens is 339 g/mol. The van der Waals surface area contributed by atoms with Crippen LogP contribution in [0.25, 0.3) is 16.3 Å². The molecule has 3 nitrogen and oxygen atoms in total. The van der Waals surface area contributed by atoms with E-state index in [0.29, 0.717) is 20.7 Å². The third-order valence-electron chi connectivity index (χ3n) is 2.91. The Labute approximate surface area is 141 Å². The van der Waals surface area contributed by atoms with Crippen molar-refractivity contribution in [3.8, 4) is 0 Å². The van der Waals surface area contributed by atoms with Crippen molar-refractivity contribution in [3.63, 3.8) is 0 Å². The van der Waals surface area contributed by atoms with Gasteiger partial charge < -0.3 is 0 Å². The normalized spacial score (nSPS) is 11.2. The SMILES string of the molecule is O=C(/C=C/c1ccccc1)Nc1nc2c(Cl)c(Cl)ccc2s1. The number of halogens is 2. The van der Waals surface area contributed by atoms with Gasteiger partial charge in [0.15, 0.2) is 5.13 Å². The molecule has 0 aliphatic rings. The second-order valence-electron chi connectivity index (χ2n) is 4.46. The van der Waals surface area contributed by atoms with Crippen LogP contribution in [0.15, 0.2) is 48.5 Å². The van der Waals surface area contributed by atoms with Gasteiger partial charge in [-0.3, -0.25) is 10.1 Å². The number of anilines is 1. The predicted molar refractivity (Wildman–Crippen MR) is 93.7 cm³/mol. The van der Waals surface area contributed by atoms with Crippen LogP contribution in [0.3, 0.4) is 0 Å². The largest absolute Gasteiger partial charge is 0.298 e. The maximum absolute atomic E-state index is 11.9. The number of nitrogens with zero attached hydrogens (tertiary/aromatic N) is 1. The molecule has 110 valence electrons. The first-order chi connectivity index (χ1) is 10.6. The summed E-state index contributed by atoms with van der Waals surface area (Å²) in [6.07, 6.45) is 3.21. The highest BCUT2D eigenvalue weighted by Gasteiger charge is 2.11. The summed E-state index contributed by atoms with van der Waals surface area (Å²) in [7, 11) is 0. The molecule has 1 N–H and O–H groups in total. The maximum atomic E-state index is 11.9. The number of thiazole rings is 1. The molecular formula is C16H10Cl2N2OS. The summed E-state index contributed by atoms with van der Waals surface area (Å²) in [5.74, 6) is -0.245. The molecule has 0 saturated heterocycles. The number of carbonyl (C=O) groups is 1. The minimum atomic E-state index is -0.245. The van der Waals surface area contributed by atoms with Crippen molar-refractivity contribution in [1.29, 1.82) is 0 Å². The topological polar surface area (TPSA) is 42.0 Å². The lowest BCUT2D eigenvalue weighted by atomic mass is 10.2. The molecule has 2 aromatic carbocycles. The highest BCUT2D eigenvalue weighted by Crippen LogP contribution is 2.35. The molecule has 22 heavy (non-hydrogen) atoms. The summed E-state index contributed by atoms with van der Waals surface area (Å²) in [6, 6.07) is 13.1. The number of amides is 1. The molecule has 0 fully saturated rings. The molecule has 3 aromatic rings. The van der Waals surface area contributed by atoms with Crippen LogP contribution in [-0.2, 0) is 4.79 Å². The maximum Gasteiger partial charge on any atom is 0.250 e. The zero-order valence-electron chi connectivity index (χ0n) is 11.2. The lowest BCUT2D eigenvalue weighted by Crippen LogP contribution is -2.07. The molecule has 0 atom stereocenters. The average Bonchev–Trinajstić information content (AvgIpc) is 2.93. The van der Waals surface area contributed by atoms with E-state index >= 15 is 0 Å². The summed E-state index contributed by atoms with van der Waals surface area (Å²) >= 11 is 13.4. The van der Waals surface area contributed by atoms with Gasteiger partial charge in [-0.1, -0.05) is 64.9 Å². The first-order valence-electron chi connectivity index (χ1n) is 6.42. The monoisotopic (exact) mass is 348 g/mol. The van der Waals surface area contributed by atoms with Gasteiger partial charge >= 0.3 is 0 Å². The number of hydrogen-bond donors (Lipinski definition) is 1. The van der Waals surface area contributed by atoms with Gasteiger partial charge in [-0.25, -0.2) is 4.98 Å². The van der Waals surface area contributed by atoms with Crippen molar-refractivity contribution in [3.05, 3.63) is 64.1 Å². The highest BCUT2D eigenvalue weighted by molar-refractivity contribution is 7.22. The molecule has 0 saturated carbocycles. The molecule has 1 heterocycles. The Morgan fingerprint density at radius 3 is 2.68 bits per heavy atom. The van der Waals surface area contributed by atoms with Crippen LogP contribution in [0.2, 0.25) is 10.0 Å². The number of carbonyl (C=O) groups excluding carboxylic acids is 1. The lowest BCUT2D eigenvalue weighted by molar-refractivity contribution is -0.111. The van der Waals surface area contributed by atoms with E-state index in [2.05, 4.69) is 10.3 Å². The van der Waals surface area contributed by atoms with Gasteiger partial charge in [-0.05, 0) is 23.8 Å². The number of aromatic nitrogens is 1. The standard InChI is InChI=1S/C16H10Cl2N2OS/c17-11-7-8-12-15(14(11)18)20-16(22-12)19-13(21)9-6-10-4-2-1-3-5-10/h1-9H,(H,19,20,21)/b9-6+. The van der Waals surface area contributed by atoms with Gasteiger partial charge in [-0.15, -0.1) is 0 Å². The van der Waals surface area contributed by atoms with Gasteiger partial charge in [0, 0.05) is 6.08 Å². The van der Waals surface area contributed by atoms with Crippen molar-refractivity contribution in [2.24, 2.45) is 0 Å². The minimum absolute atomic E-state index is 0.245. The Morgan fingerprint density at radius 1 is 1.14 bits per heavy atom. The van der Waals surface area contributed by atoms with Gasteiger partial charge in [0.05, 0.1) is 14.7 Å². The van der Waals surface area contributed by atoms with Crippen LogP contribution in [0.5, 0.6) is 0 Å². The molecule has 0 aliphatic carbocycles. The van der Waals surface area contributed by atoms with E-state index in [1.54, 1.807) is 12.1 Å². The highest BCUT2D eigenvalue weighted by atomic mass is 35.5. The summed E-state index contributed by atoms with van der Waals surface area (Å²) in [5, 5.41) is 4.06. The van der Waals surface area contributed by atoms with Crippen molar-refractivity contribution in [2.45, 2.75) is 0 Å². The van der Waals surface area contributed by atoms with E-state index in [-0.39, 0.29) is 5.91 Å². The van der Waals surface area contributed by atoms with Crippen LogP contribution < -0.4 is 5.32 Å². The van der Waals surface area contributed by atoms with E-state index in [4.69, 9.17) is 23.2 Å². The van der Waals surface area contributed by atoms with Crippen molar-refractivity contribution in [1.82, 2.24) is 4.98 Å². The fourth-order valence-corrected chi connectivity index (χ4v) is 3.17. The molecule has 6 heteroatoms. The zero-order valence-corrected chi connectivity index (χ0v) is 13.5. The second kappa shape index (κ2) is 6.48. The number of benzene rings is 2. The molecule has 1 aromatic heterocycles. The fraction of sp³-hybridized carbons (Fsp3) is 0. The Bertz CT molecular complexity index is 859. The summed E-state index contributed by atoms with van der Waals surface area (Å²) in [4.78, 5) is 16.2. The van der Waals surface area contributed by atoms with E-state index in [9.17, 15) is 4.79 Å². The minimum Gasteiger partial charge on any atom is -0.298 e. The van der Waals surface area contributed by atoms with Crippen LogP contribution >= 0.6 is 34.5 Å². The summed E-state index contributed by atoms with van der Waals surface area (Å²) < 4.78 is 0.872. The predicted octanol–water partition coefficient (Wildman–Crippen LogP) is 5.26. The average molecular weight is 349 g/mol. The van der Waals surface area contributed by atoms with Crippen LogP contribution in [0, 0.1) is 0 Å². The number of rotatable bonds is 3. The van der Waals surface area contributed by atoms with Crippen molar-refractivity contribution >= 4 is 61.9 Å². The van der Waals surface area contributed by atoms with E-state index in [1.165, 1.54) is 17.4 Å². The van der Waals surface area contributed by atoms with Gasteiger partial charge in [-0.2, -0.15) is 0 Å². The van der Waals surface area contributed by atoms with Gasteiger partial charge in [0.2, 0.25) is 5.91 Å². The molecule has 0 bridgehead atoms. The van der Waals surface area contributed by atoms with Crippen molar-refractivity contribution in [2.75, 3.05) is 5.32 Å². The second-order valence-corrected chi connectivity index (χ2v) is 6.28. The number of fused-ring (bicyclic) bond motifs is 1. The third-order valence-corrected chi connectivity index (χ3v) is 4.64. The van der Waals surface area contributed by atoms with E-state index in [1.807, 2.05) is 36.4 Å². The molecule has 1 amide bonds. The Hall–Kier alpha value is -1.88. The Morgan fingerprint density at radius 2 is 1.91 bits per heavy atom. The summed E-state index contributed by atoms with van der Waals surface area (Å²) in [6.45, 7) is 0. The molecule has 3 rings (SSSR count). The lowest BCUT2D eigenvalue weighted by Gasteiger charge is -1.95. The van der Waals surface area contributed by atoms with E-state index < -0.39 is 0 Å². The van der Waals surface area contributed by atoms with Crippen LogP contribution in [-0.4, -0.2) is 10.9 Å². The van der Waals surface area contributed by atoms with Gasteiger partial charge in [0.25, 0.3) is 0 Å². The smallest absolute Gasteiger partial charge is 0.250 e. The summed E-state index contributed by atoms with van der Waals surface area (Å²) in [5.41, 5.74) is 1.55. The molecule has 0 unspecified atom stereocenters. The molecule has 0 spiro atoms.